The summed E-state index contributed by atoms with van der Waals surface area (Å²) in [5.74, 6) is 2.00. The van der Waals surface area contributed by atoms with E-state index in [1.54, 1.807) is 0 Å². The maximum Gasteiger partial charge on any atom is 0.245 e. The molecule has 5 heteroatoms. The number of amides is 2. The molecule has 2 heterocycles. The Morgan fingerprint density at radius 3 is 2.39 bits per heavy atom. The smallest absolute Gasteiger partial charge is 0.245 e. The van der Waals surface area contributed by atoms with E-state index < -0.39 is 0 Å². The first kappa shape index (κ1) is 15.4. The molecule has 0 aromatic carbocycles. The van der Waals surface area contributed by atoms with Crippen LogP contribution >= 0.6 is 0 Å². The molecule has 4 rings (SSSR count). The van der Waals surface area contributed by atoms with Crippen molar-refractivity contribution in [3.63, 3.8) is 0 Å². The van der Waals surface area contributed by atoms with Crippen molar-refractivity contribution in [3.8, 4) is 0 Å². The SMILES string of the molecule is O=C([C@@H]1CCCCN1C(=O)[C@@H]1C[C@H]2CC[C@H]1C2)N1CCOCC1. The fraction of sp³-hybridized carbons (Fsp3) is 0.889. The van der Waals surface area contributed by atoms with Crippen molar-refractivity contribution in [2.24, 2.45) is 17.8 Å². The summed E-state index contributed by atoms with van der Waals surface area (Å²) < 4.78 is 5.35. The molecular weight excluding hydrogens is 292 g/mol. The van der Waals surface area contributed by atoms with Crippen molar-refractivity contribution < 1.29 is 14.3 Å². The second-order valence-electron chi connectivity index (χ2n) is 7.76. The summed E-state index contributed by atoms with van der Waals surface area (Å²) in [6.07, 6.45) is 7.77. The van der Waals surface area contributed by atoms with Gasteiger partial charge in [0.1, 0.15) is 6.04 Å². The predicted molar refractivity (Wildman–Crippen MR) is 85.7 cm³/mol. The lowest BCUT2D eigenvalue weighted by molar-refractivity contribution is -0.153. The summed E-state index contributed by atoms with van der Waals surface area (Å²) in [4.78, 5) is 29.9. The number of nitrogens with zero attached hydrogens (tertiary/aromatic N) is 2. The number of piperidine rings is 1. The van der Waals surface area contributed by atoms with E-state index in [2.05, 4.69) is 0 Å². The molecule has 0 unspecified atom stereocenters. The van der Waals surface area contributed by atoms with E-state index in [-0.39, 0.29) is 23.8 Å². The molecule has 0 spiro atoms. The molecule has 23 heavy (non-hydrogen) atoms. The molecule has 4 fully saturated rings. The Hall–Kier alpha value is -1.10. The minimum Gasteiger partial charge on any atom is -0.378 e. The van der Waals surface area contributed by atoms with Gasteiger partial charge in [-0.1, -0.05) is 6.42 Å². The van der Waals surface area contributed by atoms with Crippen LogP contribution in [0.2, 0.25) is 0 Å². The van der Waals surface area contributed by atoms with Crippen LogP contribution in [0.1, 0.15) is 44.9 Å². The third-order valence-electron chi connectivity index (χ3n) is 6.45. The van der Waals surface area contributed by atoms with E-state index in [0.717, 1.165) is 38.1 Å². The van der Waals surface area contributed by atoms with Crippen molar-refractivity contribution in [3.05, 3.63) is 0 Å². The fourth-order valence-corrected chi connectivity index (χ4v) is 5.21. The van der Waals surface area contributed by atoms with E-state index in [1.807, 2.05) is 9.80 Å². The van der Waals surface area contributed by atoms with Gasteiger partial charge in [0, 0.05) is 25.6 Å². The molecule has 128 valence electrons. The van der Waals surface area contributed by atoms with Gasteiger partial charge in [0.15, 0.2) is 0 Å². The lowest BCUT2D eigenvalue weighted by Crippen LogP contribution is -2.56. The molecule has 0 radical (unpaired) electrons. The highest BCUT2D eigenvalue weighted by atomic mass is 16.5. The zero-order valence-electron chi connectivity index (χ0n) is 13.9. The Morgan fingerprint density at radius 1 is 0.870 bits per heavy atom. The number of rotatable bonds is 2. The molecule has 0 N–H and O–H groups in total. The third kappa shape index (κ3) is 2.88. The molecule has 2 saturated heterocycles. The fourth-order valence-electron chi connectivity index (χ4n) is 5.21. The minimum absolute atomic E-state index is 0.157. The van der Waals surface area contributed by atoms with Crippen molar-refractivity contribution in [2.75, 3.05) is 32.8 Å². The van der Waals surface area contributed by atoms with Crippen molar-refractivity contribution in [1.82, 2.24) is 9.80 Å². The van der Waals surface area contributed by atoms with E-state index in [0.29, 0.717) is 32.2 Å². The van der Waals surface area contributed by atoms with Gasteiger partial charge >= 0.3 is 0 Å². The van der Waals surface area contributed by atoms with Gasteiger partial charge in [-0.05, 0) is 50.4 Å². The number of carbonyl (C=O) groups is 2. The molecule has 0 aromatic rings. The Labute approximate surface area is 138 Å². The number of likely N-dealkylation sites (tertiary alicyclic amines) is 1. The first-order valence-corrected chi connectivity index (χ1v) is 9.41. The van der Waals surface area contributed by atoms with Crippen molar-refractivity contribution >= 4 is 11.8 Å². The summed E-state index contributed by atoms with van der Waals surface area (Å²) in [5, 5.41) is 0. The van der Waals surface area contributed by atoms with E-state index >= 15 is 0 Å². The average molecular weight is 320 g/mol. The summed E-state index contributed by atoms with van der Waals surface area (Å²) in [7, 11) is 0. The number of fused-ring (bicyclic) bond motifs is 2. The Balaban J connectivity index is 1.46. The Bertz CT molecular complexity index is 475. The lowest BCUT2D eigenvalue weighted by atomic mass is 9.86. The van der Waals surface area contributed by atoms with Gasteiger partial charge in [0.25, 0.3) is 0 Å². The van der Waals surface area contributed by atoms with Crippen LogP contribution in [0.4, 0.5) is 0 Å². The van der Waals surface area contributed by atoms with Crippen LogP contribution in [0.25, 0.3) is 0 Å². The number of hydrogen-bond acceptors (Lipinski definition) is 3. The van der Waals surface area contributed by atoms with Crippen LogP contribution in [0.5, 0.6) is 0 Å². The maximum absolute atomic E-state index is 13.1. The van der Waals surface area contributed by atoms with E-state index in [1.165, 1.54) is 19.3 Å². The van der Waals surface area contributed by atoms with E-state index in [9.17, 15) is 9.59 Å². The lowest BCUT2D eigenvalue weighted by Gasteiger charge is -2.40. The van der Waals surface area contributed by atoms with Crippen LogP contribution < -0.4 is 0 Å². The summed E-state index contributed by atoms with van der Waals surface area (Å²) in [5.41, 5.74) is 0. The van der Waals surface area contributed by atoms with Crippen LogP contribution in [-0.2, 0) is 14.3 Å². The van der Waals surface area contributed by atoms with Crippen LogP contribution in [0.3, 0.4) is 0 Å². The third-order valence-corrected chi connectivity index (χ3v) is 6.45. The first-order chi connectivity index (χ1) is 11.2. The van der Waals surface area contributed by atoms with Crippen LogP contribution in [0, 0.1) is 17.8 Å². The monoisotopic (exact) mass is 320 g/mol. The van der Waals surface area contributed by atoms with Crippen LogP contribution in [-0.4, -0.2) is 60.5 Å². The molecule has 2 aliphatic heterocycles. The Morgan fingerprint density at radius 2 is 1.70 bits per heavy atom. The number of ether oxygens (including phenoxy) is 1. The van der Waals surface area contributed by atoms with E-state index in [4.69, 9.17) is 4.74 Å². The molecular formula is C18H28N2O3. The highest BCUT2D eigenvalue weighted by Crippen LogP contribution is 2.49. The zero-order chi connectivity index (χ0) is 15.8. The Kier molecular flexibility index (Phi) is 4.31. The van der Waals surface area contributed by atoms with Gasteiger partial charge in [-0.2, -0.15) is 0 Å². The van der Waals surface area contributed by atoms with Crippen molar-refractivity contribution in [1.29, 1.82) is 0 Å². The normalized spacial score (nSPS) is 37.2. The van der Waals surface area contributed by atoms with Crippen LogP contribution in [0.15, 0.2) is 0 Å². The van der Waals surface area contributed by atoms with Gasteiger partial charge in [0.05, 0.1) is 13.2 Å². The predicted octanol–water partition coefficient (Wildman–Crippen LogP) is 1.66. The molecule has 4 aliphatic rings. The second kappa shape index (κ2) is 6.42. The molecule has 0 aromatic heterocycles. The molecule has 2 amide bonds. The molecule has 4 atom stereocenters. The molecule has 2 bridgehead atoms. The summed E-state index contributed by atoms with van der Waals surface area (Å²) in [6.45, 7) is 3.36. The average Bonchev–Trinajstić information content (AvgIpc) is 3.24. The maximum atomic E-state index is 13.1. The van der Waals surface area contributed by atoms with Gasteiger partial charge < -0.3 is 14.5 Å². The highest BCUT2D eigenvalue weighted by molar-refractivity contribution is 5.89. The minimum atomic E-state index is -0.214. The molecule has 5 nitrogen and oxygen atoms in total. The standard InChI is InChI=1S/C18H28N2O3/c21-17(15-12-13-4-5-14(15)11-13)20-6-2-1-3-16(20)18(22)19-7-9-23-10-8-19/h13-16H,1-12H2/t13-,14-,15+,16-/m0/s1. The zero-order valence-corrected chi connectivity index (χ0v) is 13.9. The van der Waals surface area contributed by atoms with Gasteiger partial charge in [-0.15, -0.1) is 0 Å². The number of hydrogen-bond donors (Lipinski definition) is 0. The van der Waals surface area contributed by atoms with Gasteiger partial charge in [-0.3, -0.25) is 9.59 Å². The molecule has 2 saturated carbocycles. The summed E-state index contributed by atoms with van der Waals surface area (Å²) >= 11 is 0. The largest absolute Gasteiger partial charge is 0.378 e. The van der Waals surface area contributed by atoms with Gasteiger partial charge in [0.2, 0.25) is 11.8 Å². The topological polar surface area (TPSA) is 49.9 Å². The molecule has 2 aliphatic carbocycles. The quantitative estimate of drug-likeness (QED) is 0.777. The first-order valence-electron chi connectivity index (χ1n) is 9.41. The number of morpholine rings is 1. The second-order valence-corrected chi connectivity index (χ2v) is 7.76. The number of carbonyl (C=O) groups excluding carboxylic acids is 2. The van der Waals surface area contributed by atoms with Gasteiger partial charge in [-0.25, -0.2) is 0 Å². The van der Waals surface area contributed by atoms with Crippen molar-refractivity contribution in [2.45, 2.75) is 51.0 Å². The summed E-state index contributed by atoms with van der Waals surface area (Å²) in [6, 6.07) is -0.214. The highest BCUT2D eigenvalue weighted by Gasteiger charge is 2.46.